The van der Waals surface area contributed by atoms with E-state index in [1.165, 1.54) is 37.0 Å². The average Bonchev–Trinajstić information content (AvgIpc) is 2.85. The van der Waals surface area contributed by atoms with Crippen molar-refractivity contribution in [2.75, 3.05) is 4.72 Å². The summed E-state index contributed by atoms with van der Waals surface area (Å²) < 4.78 is 40.6. The number of sulfonamides is 1. The molecule has 0 aliphatic heterocycles. The van der Waals surface area contributed by atoms with E-state index in [0.29, 0.717) is 5.69 Å². The van der Waals surface area contributed by atoms with Crippen LogP contribution < -0.4 is 4.72 Å². The van der Waals surface area contributed by atoms with Crippen LogP contribution in [0, 0.1) is 5.82 Å². The molecule has 0 radical (unpaired) electrons. The summed E-state index contributed by atoms with van der Waals surface area (Å²) in [6, 6.07) is 3.92. The summed E-state index contributed by atoms with van der Waals surface area (Å²) in [5.74, 6) is -0.666. The highest BCUT2D eigenvalue weighted by atomic mass is 32.2. The Morgan fingerprint density at radius 1 is 1.37 bits per heavy atom. The van der Waals surface area contributed by atoms with Gasteiger partial charge in [-0.25, -0.2) is 17.5 Å². The van der Waals surface area contributed by atoms with Crippen LogP contribution in [0.5, 0.6) is 0 Å². The minimum atomic E-state index is -3.61. The van der Waals surface area contributed by atoms with Crippen molar-refractivity contribution in [3.63, 3.8) is 0 Å². The van der Waals surface area contributed by atoms with Crippen LogP contribution in [-0.4, -0.2) is 33.9 Å². The lowest BCUT2D eigenvalue weighted by molar-refractivity contribution is 0.590. The van der Waals surface area contributed by atoms with Gasteiger partial charge in [0.05, 0.1) is 16.6 Å². The van der Waals surface area contributed by atoms with Crippen LogP contribution in [0.2, 0.25) is 0 Å². The second kappa shape index (κ2) is 4.92. The number of anilines is 1. The number of hydrogen-bond donors (Lipinski definition) is 1. The van der Waals surface area contributed by atoms with Gasteiger partial charge in [0.25, 0.3) is 0 Å². The maximum Gasteiger partial charge on any atom is 0.235 e. The van der Waals surface area contributed by atoms with Crippen molar-refractivity contribution in [2.45, 2.75) is 19.1 Å². The van der Waals surface area contributed by atoms with E-state index in [9.17, 15) is 12.8 Å². The van der Waals surface area contributed by atoms with E-state index < -0.39 is 21.1 Å². The van der Waals surface area contributed by atoms with Crippen molar-refractivity contribution in [3.05, 3.63) is 30.3 Å². The summed E-state index contributed by atoms with van der Waals surface area (Å²) in [6.45, 7) is 3.01. The van der Waals surface area contributed by atoms with Crippen molar-refractivity contribution in [2.24, 2.45) is 0 Å². The molecule has 9 heteroatoms. The molecule has 1 aromatic heterocycles. The Kier molecular flexibility index (Phi) is 3.47. The first-order valence-electron chi connectivity index (χ1n) is 5.44. The van der Waals surface area contributed by atoms with Crippen molar-refractivity contribution >= 4 is 15.7 Å². The third-order valence-electron chi connectivity index (χ3n) is 2.44. The van der Waals surface area contributed by atoms with Crippen molar-refractivity contribution < 1.29 is 12.8 Å². The Bertz CT molecular complexity index is 669. The molecule has 1 heterocycles. The summed E-state index contributed by atoms with van der Waals surface area (Å²) in [4.78, 5) is 0. The number of halogens is 1. The largest absolute Gasteiger partial charge is 0.280 e. The first-order valence-corrected chi connectivity index (χ1v) is 6.99. The third-order valence-corrected chi connectivity index (χ3v) is 4.18. The number of hydrogen-bond acceptors (Lipinski definition) is 5. The molecule has 1 aromatic carbocycles. The fraction of sp³-hybridized carbons (Fsp3) is 0.300. The van der Waals surface area contributed by atoms with E-state index >= 15 is 0 Å². The molecule has 0 saturated heterocycles. The number of aromatic nitrogens is 4. The maximum absolute atomic E-state index is 13.6. The number of benzene rings is 1. The van der Waals surface area contributed by atoms with Gasteiger partial charge in [-0.15, -0.1) is 5.10 Å². The molecule has 2 aromatic rings. The summed E-state index contributed by atoms with van der Waals surface area (Å²) >= 11 is 0. The smallest absolute Gasteiger partial charge is 0.235 e. The normalized spacial score (nSPS) is 11.8. The van der Waals surface area contributed by atoms with Gasteiger partial charge in [-0.05, 0) is 42.5 Å². The Hall–Kier alpha value is -2.03. The zero-order valence-electron chi connectivity index (χ0n) is 10.3. The molecule has 0 spiro atoms. The van der Waals surface area contributed by atoms with Crippen LogP contribution in [0.4, 0.5) is 10.1 Å². The van der Waals surface area contributed by atoms with E-state index in [-0.39, 0.29) is 5.69 Å². The van der Waals surface area contributed by atoms with Crippen LogP contribution >= 0.6 is 0 Å². The van der Waals surface area contributed by atoms with Gasteiger partial charge in [0.1, 0.15) is 12.1 Å². The molecular formula is C10H12FN5O2S. The van der Waals surface area contributed by atoms with Crippen molar-refractivity contribution in [1.29, 1.82) is 0 Å². The van der Waals surface area contributed by atoms with Gasteiger partial charge in [0.15, 0.2) is 0 Å². The van der Waals surface area contributed by atoms with Gasteiger partial charge in [0, 0.05) is 0 Å². The van der Waals surface area contributed by atoms with Crippen LogP contribution in [0.15, 0.2) is 24.5 Å². The molecule has 0 bridgehead atoms. The lowest BCUT2D eigenvalue weighted by atomic mass is 10.3. The third kappa shape index (κ3) is 2.87. The molecule has 0 atom stereocenters. The van der Waals surface area contributed by atoms with Gasteiger partial charge in [-0.3, -0.25) is 4.72 Å². The van der Waals surface area contributed by atoms with Gasteiger partial charge < -0.3 is 0 Å². The van der Waals surface area contributed by atoms with Crippen LogP contribution in [-0.2, 0) is 10.0 Å². The lowest BCUT2D eigenvalue weighted by Crippen LogP contribution is -2.23. The Morgan fingerprint density at radius 2 is 2.11 bits per heavy atom. The van der Waals surface area contributed by atoms with Gasteiger partial charge in [-0.2, -0.15) is 0 Å². The lowest BCUT2D eigenvalue weighted by Gasteiger charge is -2.12. The Balaban J connectivity index is 2.39. The Morgan fingerprint density at radius 3 is 2.68 bits per heavy atom. The van der Waals surface area contributed by atoms with Crippen LogP contribution in [0.25, 0.3) is 5.69 Å². The monoisotopic (exact) mass is 285 g/mol. The average molecular weight is 285 g/mol. The molecule has 2 rings (SSSR count). The Labute approximate surface area is 109 Å². The number of tetrazole rings is 1. The molecule has 0 aliphatic rings. The predicted molar refractivity (Wildman–Crippen MR) is 66.8 cm³/mol. The molecule has 0 fully saturated rings. The van der Waals surface area contributed by atoms with Crippen LogP contribution in [0.3, 0.4) is 0 Å². The maximum atomic E-state index is 13.6. The van der Waals surface area contributed by atoms with E-state index in [2.05, 4.69) is 20.2 Å². The summed E-state index contributed by atoms with van der Waals surface area (Å²) in [5, 5.41) is 9.89. The van der Waals surface area contributed by atoms with Gasteiger partial charge in [0.2, 0.25) is 10.0 Å². The first-order chi connectivity index (χ1) is 8.90. The molecule has 102 valence electrons. The fourth-order valence-corrected chi connectivity index (χ4v) is 1.98. The standard InChI is InChI=1S/C10H12FN5O2S/c1-7(2)19(17,18)13-10-5-8(3-4-9(10)11)16-6-12-14-15-16/h3-7,13H,1-2H3. The quantitative estimate of drug-likeness (QED) is 0.903. The molecule has 1 N–H and O–H groups in total. The highest BCUT2D eigenvalue weighted by Crippen LogP contribution is 2.20. The molecule has 0 unspecified atom stereocenters. The summed E-state index contributed by atoms with van der Waals surface area (Å²) in [5.41, 5.74) is 0.314. The van der Waals surface area contributed by atoms with Gasteiger partial charge >= 0.3 is 0 Å². The second-order valence-corrected chi connectivity index (χ2v) is 6.35. The SMILES string of the molecule is CC(C)S(=O)(=O)Nc1cc(-n2cnnn2)ccc1F. The zero-order valence-corrected chi connectivity index (χ0v) is 11.1. The molecular weight excluding hydrogens is 273 g/mol. The van der Waals surface area contributed by atoms with Crippen molar-refractivity contribution in [1.82, 2.24) is 20.2 Å². The molecule has 0 aliphatic carbocycles. The molecule has 7 nitrogen and oxygen atoms in total. The highest BCUT2D eigenvalue weighted by molar-refractivity contribution is 7.93. The van der Waals surface area contributed by atoms with E-state index in [1.54, 1.807) is 0 Å². The zero-order chi connectivity index (χ0) is 14.0. The summed E-state index contributed by atoms with van der Waals surface area (Å²) in [7, 11) is -3.61. The first kappa shape index (κ1) is 13.4. The number of nitrogens with zero attached hydrogens (tertiary/aromatic N) is 4. The van der Waals surface area contributed by atoms with Gasteiger partial charge in [-0.1, -0.05) is 0 Å². The van der Waals surface area contributed by atoms with E-state index in [4.69, 9.17) is 0 Å². The summed E-state index contributed by atoms with van der Waals surface area (Å²) in [6.07, 6.45) is 1.33. The van der Waals surface area contributed by atoms with Crippen molar-refractivity contribution in [3.8, 4) is 5.69 Å². The van der Waals surface area contributed by atoms with E-state index in [0.717, 1.165) is 6.07 Å². The predicted octanol–water partition coefficient (Wildman–Crippen LogP) is 0.951. The minimum absolute atomic E-state index is 0.137. The number of nitrogens with one attached hydrogen (secondary N) is 1. The minimum Gasteiger partial charge on any atom is -0.280 e. The van der Waals surface area contributed by atoms with Crippen LogP contribution in [0.1, 0.15) is 13.8 Å². The second-order valence-electron chi connectivity index (χ2n) is 4.11. The topological polar surface area (TPSA) is 89.8 Å². The molecule has 19 heavy (non-hydrogen) atoms. The highest BCUT2D eigenvalue weighted by Gasteiger charge is 2.18. The molecule has 0 amide bonds. The fourth-order valence-electron chi connectivity index (χ4n) is 1.28. The van der Waals surface area contributed by atoms with E-state index in [1.807, 2.05) is 0 Å². The molecule has 0 saturated carbocycles. The number of rotatable bonds is 4.